The number of likely N-dealkylation sites (tertiary alicyclic amines) is 1. The Labute approximate surface area is 115 Å². The first kappa shape index (κ1) is 15.8. The van der Waals surface area contributed by atoms with Gasteiger partial charge in [0, 0.05) is 0 Å². The van der Waals surface area contributed by atoms with E-state index in [-0.39, 0.29) is 12.1 Å². The van der Waals surface area contributed by atoms with Gasteiger partial charge in [0.2, 0.25) is 0 Å². The highest BCUT2D eigenvalue weighted by molar-refractivity contribution is 5.66. The van der Waals surface area contributed by atoms with E-state index in [0.717, 1.165) is 18.4 Å². The van der Waals surface area contributed by atoms with Crippen LogP contribution in [0, 0.1) is 5.92 Å². The van der Waals surface area contributed by atoms with Crippen molar-refractivity contribution in [3.05, 3.63) is 24.3 Å². The van der Waals surface area contributed by atoms with Gasteiger partial charge in [0.25, 0.3) is 0 Å². The fourth-order valence-electron chi connectivity index (χ4n) is 2.12. The van der Waals surface area contributed by atoms with Gasteiger partial charge < -0.3 is 9.84 Å². The molecule has 2 atom stereocenters. The lowest BCUT2D eigenvalue weighted by molar-refractivity contribution is 0.0744. The predicted molar refractivity (Wildman–Crippen MR) is 76.3 cm³/mol. The maximum absolute atomic E-state index is 11.2. The van der Waals surface area contributed by atoms with E-state index in [2.05, 4.69) is 26.5 Å². The van der Waals surface area contributed by atoms with Crippen LogP contribution in [0.1, 0.15) is 33.6 Å². The van der Waals surface area contributed by atoms with Gasteiger partial charge in [0.05, 0.1) is 25.3 Å². The van der Waals surface area contributed by atoms with Crippen molar-refractivity contribution in [1.29, 1.82) is 0 Å². The van der Waals surface area contributed by atoms with Crippen LogP contribution in [-0.4, -0.2) is 41.4 Å². The Balaban J connectivity index is 2.55. The molecule has 1 rings (SSSR count). The molecule has 1 N–H and O–H groups in total. The molecule has 1 aliphatic rings. The quantitative estimate of drug-likeness (QED) is 0.751. The number of carbonyl (C=O) groups is 1. The minimum atomic E-state index is -0.874. The molecule has 0 aromatic carbocycles. The number of amides is 1. The molecule has 0 aliphatic carbocycles. The first-order valence-corrected chi connectivity index (χ1v) is 6.82. The Hall–Kier alpha value is -1.29. The average Bonchev–Trinajstić information content (AvgIpc) is 2.69. The first-order chi connectivity index (χ1) is 8.90. The summed E-state index contributed by atoms with van der Waals surface area (Å²) in [5.41, 5.74) is 0.959. The van der Waals surface area contributed by atoms with Gasteiger partial charge in [-0.05, 0) is 25.7 Å². The molecule has 4 heteroatoms. The zero-order chi connectivity index (χ0) is 14.4. The van der Waals surface area contributed by atoms with E-state index in [1.54, 1.807) is 0 Å². The second-order valence-corrected chi connectivity index (χ2v) is 5.69. The third kappa shape index (κ3) is 5.47. The third-order valence-electron chi connectivity index (χ3n) is 3.08. The highest BCUT2D eigenvalue weighted by atomic mass is 16.5. The van der Waals surface area contributed by atoms with Crippen LogP contribution in [0.15, 0.2) is 24.3 Å². The van der Waals surface area contributed by atoms with Gasteiger partial charge in [0.15, 0.2) is 0 Å². The lowest BCUT2D eigenvalue weighted by Gasteiger charge is -2.17. The summed E-state index contributed by atoms with van der Waals surface area (Å²) in [6.07, 6.45) is 4.88. The van der Waals surface area contributed by atoms with Crippen molar-refractivity contribution in [3.8, 4) is 0 Å². The summed E-state index contributed by atoms with van der Waals surface area (Å²) in [6, 6.07) is -0.0635. The van der Waals surface area contributed by atoms with Crippen LogP contribution in [0.3, 0.4) is 0 Å². The van der Waals surface area contributed by atoms with Crippen LogP contribution in [0.5, 0.6) is 0 Å². The highest BCUT2D eigenvalue weighted by Crippen LogP contribution is 2.22. The van der Waals surface area contributed by atoms with E-state index in [1.807, 2.05) is 13.0 Å². The van der Waals surface area contributed by atoms with Gasteiger partial charge in [0.1, 0.15) is 0 Å². The molecule has 0 aromatic heterocycles. The number of carboxylic acid groups (broad SMARTS) is 1. The maximum Gasteiger partial charge on any atom is 0.407 e. The number of hydrogen-bond acceptors (Lipinski definition) is 2. The molecule has 1 fully saturated rings. The lowest BCUT2D eigenvalue weighted by Crippen LogP contribution is -2.33. The van der Waals surface area contributed by atoms with Crippen LogP contribution in [-0.2, 0) is 4.74 Å². The maximum atomic E-state index is 11.2. The first-order valence-electron chi connectivity index (χ1n) is 6.82. The molecule has 0 aromatic rings. The van der Waals surface area contributed by atoms with Crippen LogP contribution in [0.2, 0.25) is 0 Å². The molecule has 1 saturated heterocycles. The van der Waals surface area contributed by atoms with Crippen molar-refractivity contribution >= 4 is 6.09 Å². The average molecular weight is 267 g/mol. The van der Waals surface area contributed by atoms with Crippen molar-refractivity contribution in [2.75, 3.05) is 13.2 Å². The van der Waals surface area contributed by atoms with Gasteiger partial charge in [-0.1, -0.05) is 38.2 Å². The van der Waals surface area contributed by atoms with Crippen LogP contribution >= 0.6 is 0 Å². The Bertz CT molecular complexity index is 349. The zero-order valence-electron chi connectivity index (χ0n) is 12.1. The van der Waals surface area contributed by atoms with Gasteiger partial charge in [-0.15, -0.1) is 0 Å². The topological polar surface area (TPSA) is 49.8 Å². The van der Waals surface area contributed by atoms with Crippen LogP contribution in [0.4, 0.5) is 4.79 Å². The molecular formula is C15H25NO3. The molecular weight excluding hydrogens is 242 g/mol. The van der Waals surface area contributed by atoms with E-state index in [0.29, 0.717) is 19.1 Å². The van der Waals surface area contributed by atoms with Crippen molar-refractivity contribution < 1.29 is 14.6 Å². The van der Waals surface area contributed by atoms with Crippen LogP contribution in [0.25, 0.3) is 0 Å². The van der Waals surface area contributed by atoms with Gasteiger partial charge in [-0.3, -0.25) is 4.90 Å². The van der Waals surface area contributed by atoms with Crippen molar-refractivity contribution in [2.45, 2.75) is 45.8 Å². The molecule has 0 spiro atoms. The SMILES string of the molecule is C=C(C)CO[C@@H]1C[C@@H](/C=C/CC(C)C)N(C(=O)O)C1. The van der Waals surface area contributed by atoms with Gasteiger partial charge in [-0.25, -0.2) is 4.79 Å². The number of allylic oxidation sites excluding steroid dienone is 1. The van der Waals surface area contributed by atoms with E-state index >= 15 is 0 Å². The number of hydrogen-bond donors (Lipinski definition) is 1. The largest absolute Gasteiger partial charge is 0.465 e. The molecule has 4 nitrogen and oxygen atoms in total. The predicted octanol–water partition coefficient (Wildman–Crippen LogP) is 3.30. The zero-order valence-corrected chi connectivity index (χ0v) is 12.1. The number of ether oxygens (including phenoxy) is 1. The minimum absolute atomic E-state index is 0.0264. The molecule has 0 unspecified atom stereocenters. The fourth-order valence-corrected chi connectivity index (χ4v) is 2.12. The minimum Gasteiger partial charge on any atom is -0.465 e. The number of nitrogens with zero attached hydrogens (tertiary/aromatic N) is 1. The third-order valence-corrected chi connectivity index (χ3v) is 3.08. The van der Waals surface area contributed by atoms with Gasteiger partial charge >= 0.3 is 6.09 Å². The molecule has 0 bridgehead atoms. The molecule has 19 heavy (non-hydrogen) atoms. The standard InChI is InChI=1S/C15H25NO3/c1-11(2)6-5-7-13-8-14(19-10-12(3)4)9-16(13)15(17)18/h5,7,11,13-14H,3,6,8-10H2,1-2,4H3,(H,17,18)/b7-5+/t13-,14-/m1/s1. The van der Waals surface area contributed by atoms with Crippen LogP contribution < -0.4 is 0 Å². The summed E-state index contributed by atoms with van der Waals surface area (Å²) < 4.78 is 5.66. The van der Waals surface area contributed by atoms with E-state index < -0.39 is 6.09 Å². The Morgan fingerprint density at radius 1 is 1.58 bits per heavy atom. The summed E-state index contributed by atoms with van der Waals surface area (Å²) in [7, 11) is 0. The summed E-state index contributed by atoms with van der Waals surface area (Å²) in [5.74, 6) is 0.589. The van der Waals surface area contributed by atoms with E-state index in [1.165, 1.54) is 4.90 Å². The normalized spacial score (nSPS) is 23.5. The summed E-state index contributed by atoms with van der Waals surface area (Å²) in [5, 5.41) is 9.21. The second kappa shape index (κ2) is 7.34. The molecule has 1 heterocycles. The smallest absolute Gasteiger partial charge is 0.407 e. The molecule has 1 aliphatic heterocycles. The molecule has 0 saturated carbocycles. The van der Waals surface area contributed by atoms with E-state index in [9.17, 15) is 9.90 Å². The Morgan fingerprint density at radius 3 is 2.79 bits per heavy atom. The second-order valence-electron chi connectivity index (χ2n) is 5.69. The fraction of sp³-hybridized carbons (Fsp3) is 0.667. The lowest BCUT2D eigenvalue weighted by atomic mass is 10.1. The molecule has 1 amide bonds. The summed E-state index contributed by atoms with van der Waals surface area (Å²) in [6.45, 7) is 10.9. The highest BCUT2D eigenvalue weighted by Gasteiger charge is 2.34. The summed E-state index contributed by atoms with van der Waals surface area (Å²) in [4.78, 5) is 12.7. The number of rotatable bonds is 6. The van der Waals surface area contributed by atoms with Crippen molar-refractivity contribution in [1.82, 2.24) is 4.90 Å². The van der Waals surface area contributed by atoms with Gasteiger partial charge in [-0.2, -0.15) is 0 Å². The van der Waals surface area contributed by atoms with E-state index in [4.69, 9.17) is 4.74 Å². The Kier molecular flexibility index (Phi) is 6.09. The van der Waals surface area contributed by atoms with Crippen molar-refractivity contribution in [2.24, 2.45) is 5.92 Å². The van der Waals surface area contributed by atoms with Crippen molar-refractivity contribution in [3.63, 3.8) is 0 Å². The Morgan fingerprint density at radius 2 is 2.26 bits per heavy atom. The molecule has 108 valence electrons. The molecule has 0 radical (unpaired) electrons. The monoisotopic (exact) mass is 267 g/mol. The summed E-state index contributed by atoms with van der Waals surface area (Å²) >= 11 is 0.